The molecule has 2 aromatic rings. The number of anilines is 2. The van der Waals surface area contributed by atoms with Gasteiger partial charge in [-0.3, -0.25) is 4.79 Å². The zero-order chi connectivity index (χ0) is 26.4. The molecule has 196 valence electrons. The van der Waals surface area contributed by atoms with Crippen LogP contribution in [0, 0.1) is 12.8 Å². The maximum atomic E-state index is 12.9. The van der Waals surface area contributed by atoms with Crippen LogP contribution in [-0.2, 0) is 0 Å². The lowest BCUT2D eigenvalue weighted by Gasteiger charge is -2.38. The number of aromatic carboxylic acids is 1. The molecule has 1 amide bonds. The van der Waals surface area contributed by atoms with E-state index in [4.69, 9.17) is 22.4 Å². The number of carbonyl (C=O) groups is 2. The van der Waals surface area contributed by atoms with Crippen molar-refractivity contribution < 1.29 is 14.7 Å². The van der Waals surface area contributed by atoms with E-state index in [-0.39, 0.29) is 22.6 Å². The van der Waals surface area contributed by atoms with E-state index in [2.05, 4.69) is 45.6 Å². The van der Waals surface area contributed by atoms with Crippen molar-refractivity contribution in [3.05, 3.63) is 40.4 Å². The van der Waals surface area contributed by atoms with E-state index in [1.807, 2.05) is 11.8 Å². The molecule has 1 atom stereocenters. The molecule has 1 unspecified atom stereocenters. The molecule has 3 N–H and O–H groups in total. The molecule has 1 aliphatic heterocycles. The maximum absolute atomic E-state index is 12.9. The number of hydrogen-bond donors (Lipinski definition) is 2. The molecule has 0 radical (unpaired) electrons. The third-order valence-electron chi connectivity index (χ3n) is 6.85. The molecule has 1 aliphatic rings. The summed E-state index contributed by atoms with van der Waals surface area (Å²) < 4.78 is 0. The molecule has 0 spiro atoms. The second-order valence-corrected chi connectivity index (χ2v) is 9.88. The van der Waals surface area contributed by atoms with Gasteiger partial charge in [-0.15, -0.1) is 0 Å². The molecule has 0 bridgehead atoms. The zero-order valence-corrected chi connectivity index (χ0v) is 22.2. The molecular weight excluding hydrogens is 482 g/mol. The number of rotatable bonds is 10. The lowest BCUT2D eigenvalue weighted by Crippen LogP contribution is -2.47. The van der Waals surface area contributed by atoms with E-state index in [0.29, 0.717) is 43.0 Å². The van der Waals surface area contributed by atoms with Gasteiger partial charge in [-0.05, 0) is 44.9 Å². The van der Waals surface area contributed by atoms with Gasteiger partial charge in [0.1, 0.15) is 5.82 Å². The zero-order valence-electron chi connectivity index (χ0n) is 21.4. The van der Waals surface area contributed by atoms with Crippen molar-refractivity contribution in [1.29, 1.82) is 0 Å². The lowest BCUT2D eigenvalue weighted by atomic mass is 10.0. The monoisotopic (exact) mass is 517 g/mol. The molecule has 2 aromatic heterocycles. The number of carboxylic acids is 1. The molecule has 10 nitrogen and oxygen atoms in total. The first-order valence-electron chi connectivity index (χ1n) is 12.3. The van der Waals surface area contributed by atoms with Gasteiger partial charge in [0.25, 0.3) is 5.91 Å². The number of nitrogens with zero attached hydrogens (tertiary/aromatic N) is 6. The van der Waals surface area contributed by atoms with E-state index in [1.165, 1.54) is 6.20 Å². The van der Waals surface area contributed by atoms with Crippen molar-refractivity contribution in [2.24, 2.45) is 5.92 Å². The van der Waals surface area contributed by atoms with Gasteiger partial charge in [-0.25, -0.2) is 19.7 Å². The van der Waals surface area contributed by atoms with Crippen LogP contribution in [-0.4, -0.2) is 87.5 Å². The van der Waals surface area contributed by atoms with Crippen LogP contribution in [0.1, 0.15) is 59.7 Å². The lowest BCUT2D eigenvalue weighted by molar-refractivity contribution is 0.0646. The van der Waals surface area contributed by atoms with Gasteiger partial charge in [-0.2, -0.15) is 0 Å². The number of likely N-dealkylation sites (N-methyl/N-ethyl adjacent to an activating group) is 1. The first-order valence-corrected chi connectivity index (χ1v) is 12.7. The minimum Gasteiger partial charge on any atom is -0.476 e. The third kappa shape index (κ3) is 6.82. The smallest absolute Gasteiger partial charge is 0.356 e. The summed E-state index contributed by atoms with van der Waals surface area (Å²) >= 11 is 6.33. The fourth-order valence-electron chi connectivity index (χ4n) is 4.36. The molecule has 11 heteroatoms. The largest absolute Gasteiger partial charge is 0.476 e. The molecule has 3 heterocycles. The fourth-order valence-corrected chi connectivity index (χ4v) is 4.62. The molecular formula is C25H36ClN7O3. The highest BCUT2D eigenvalue weighted by atomic mass is 35.5. The average Bonchev–Trinajstić information content (AvgIpc) is 2.86. The summed E-state index contributed by atoms with van der Waals surface area (Å²) in [5.74, 6) is -0.0432. The SMILES string of the molecule is CCC(C)CN(CCN(C)C1CCN(C(=O)c2ccc(C)nc2N)CC1)c1ncc(C(=O)O)nc1Cl. The van der Waals surface area contributed by atoms with E-state index in [9.17, 15) is 9.59 Å². The quantitative estimate of drug-likeness (QED) is 0.488. The highest BCUT2D eigenvalue weighted by molar-refractivity contribution is 6.31. The first kappa shape index (κ1) is 27.6. The van der Waals surface area contributed by atoms with Crippen LogP contribution >= 0.6 is 11.6 Å². The second kappa shape index (κ2) is 12.3. The predicted octanol–water partition coefficient (Wildman–Crippen LogP) is 3.20. The number of hydrogen-bond acceptors (Lipinski definition) is 8. The fraction of sp³-hybridized carbons (Fsp3) is 0.560. The minimum atomic E-state index is -1.16. The van der Waals surface area contributed by atoms with Crippen LogP contribution in [0.5, 0.6) is 0 Å². The molecule has 36 heavy (non-hydrogen) atoms. The Morgan fingerprint density at radius 3 is 2.53 bits per heavy atom. The van der Waals surface area contributed by atoms with Crippen molar-refractivity contribution in [2.75, 3.05) is 50.4 Å². The summed E-state index contributed by atoms with van der Waals surface area (Å²) in [6.07, 6.45) is 3.97. The molecule has 0 aromatic carbocycles. The van der Waals surface area contributed by atoms with Crippen LogP contribution in [0.25, 0.3) is 0 Å². The van der Waals surface area contributed by atoms with Gasteiger partial charge in [-0.1, -0.05) is 31.9 Å². The van der Waals surface area contributed by atoms with Gasteiger partial charge in [0, 0.05) is 44.5 Å². The molecule has 0 saturated carbocycles. The highest BCUT2D eigenvalue weighted by Gasteiger charge is 2.27. The van der Waals surface area contributed by atoms with Crippen LogP contribution in [0.15, 0.2) is 18.3 Å². The number of piperidine rings is 1. The predicted molar refractivity (Wildman–Crippen MR) is 141 cm³/mol. The molecule has 1 fully saturated rings. The average molecular weight is 518 g/mol. The summed E-state index contributed by atoms with van der Waals surface area (Å²) in [6.45, 7) is 9.63. The maximum Gasteiger partial charge on any atom is 0.356 e. The van der Waals surface area contributed by atoms with Crippen molar-refractivity contribution in [3.63, 3.8) is 0 Å². The Morgan fingerprint density at radius 2 is 1.94 bits per heavy atom. The van der Waals surface area contributed by atoms with Crippen molar-refractivity contribution in [1.82, 2.24) is 24.8 Å². The second-order valence-electron chi connectivity index (χ2n) is 9.52. The van der Waals surface area contributed by atoms with Gasteiger partial charge in [0.2, 0.25) is 0 Å². The van der Waals surface area contributed by atoms with Crippen molar-refractivity contribution in [2.45, 2.75) is 46.1 Å². The molecule has 1 saturated heterocycles. The summed E-state index contributed by atoms with van der Waals surface area (Å²) in [5.41, 5.74) is 7.05. The number of halogens is 1. The Labute approximate surface area is 217 Å². The molecule has 3 rings (SSSR count). The number of amides is 1. The summed E-state index contributed by atoms with van der Waals surface area (Å²) in [4.78, 5) is 42.9. The Bertz CT molecular complexity index is 1080. The number of likely N-dealkylation sites (tertiary alicyclic amines) is 1. The van der Waals surface area contributed by atoms with E-state index >= 15 is 0 Å². The normalized spacial score (nSPS) is 15.2. The minimum absolute atomic E-state index is 0.0705. The van der Waals surface area contributed by atoms with Gasteiger partial charge in [0.05, 0.1) is 11.8 Å². The topological polar surface area (TPSA) is 129 Å². The van der Waals surface area contributed by atoms with Crippen molar-refractivity contribution in [3.8, 4) is 0 Å². The van der Waals surface area contributed by atoms with Gasteiger partial charge >= 0.3 is 5.97 Å². The summed E-state index contributed by atoms with van der Waals surface area (Å²) in [6, 6.07) is 3.89. The summed E-state index contributed by atoms with van der Waals surface area (Å²) in [7, 11) is 2.09. The van der Waals surface area contributed by atoms with Crippen LogP contribution in [0.3, 0.4) is 0 Å². The van der Waals surface area contributed by atoms with Crippen LogP contribution in [0.2, 0.25) is 5.15 Å². The third-order valence-corrected chi connectivity index (χ3v) is 7.11. The first-order chi connectivity index (χ1) is 17.1. The van der Waals surface area contributed by atoms with Gasteiger partial charge in [0.15, 0.2) is 16.7 Å². The number of pyridine rings is 1. The highest BCUT2D eigenvalue weighted by Crippen LogP contribution is 2.24. The number of carboxylic acid groups (broad SMARTS) is 1. The van der Waals surface area contributed by atoms with E-state index < -0.39 is 5.97 Å². The number of nitrogen functional groups attached to an aromatic ring is 1. The number of nitrogens with two attached hydrogens (primary N) is 1. The van der Waals surface area contributed by atoms with Gasteiger partial charge < -0.3 is 25.5 Å². The van der Waals surface area contributed by atoms with Crippen LogP contribution in [0.4, 0.5) is 11.6 Å². The number of aromatic nitrogens is 3. The number of carbonyl (C=O) groups excluding carboxylic acids is 1. The van der Waals surface area contributed by atoms with Crippen molar-refractivity contribution >= 4 is 35.1 Å². The Hall–Kier alpha value is -2.98. The Kier molecular flexibility index (Phi) is 9.44. The Morgan fingerprint density at radius 1 is 1.25 bits per heavy atom. The number of aryl methyl sites for hydroxylation is 1. The summed E-state index contributed by atoms with van der Waals surface area (Å²) in [5, 5.41) is 9.26. The Balaban J connectivity index is 1.60. The van der Waals surface area contributed by atoms with E-state index in [0.717, 1.165) is 38.0 Å². The standard InChI is InChI=1S/C25H36ClN7O3/c1-5-16(2)15-33(23-21(26)30-20(14-28-23)25(35)36)13-12-31(4)18-8-10-32(11-9-18)24(34)19-7-6-17(3)29-22(19)27/h6-7,14,16,18H,5,8-13,15H2,1-4H3,(H2,27,29)(H,35,36). The van der Waals surface area contributed by atoms with E-state index in [1.54, 1.807) is 12.1 Å². The molecule has 0 aliphatic carbocycles. The van der Waals surface area contributed by atoms with Crippen LogP contribution < -0.4 is 10.6 Å².